The molecule has 126 valence electrons. The number of rotatable bonds is 5. The van der Waals surface area contributed by atoms with Gasteiger partial charge in [-0.1, -0.05) is 17.7 Å². The number of halogens is 1. The SMILES string of the molecule is Cc1cc(Cl)ccc1Nc1ncnc(Nc2ccccn2)c1[N+](=O)[O-]. The highest BCUT2D eigenvalue weighted by atomic mass is 35.5. The van der Waals surface area contributed by atoms with E-state index in [1.807, 2.05) is 6.92 Å². The van der Waals surface area contributed by atoms with Gasteiger partial charge < -0.3 is 10.6 Å². The Morgan fingerprint density at radius 1 is 1.08 bits per heavy atom. The molecule has 0 radical (unpaired) electrons. The van der Waals surface area contributed by atoms with Crippen LogP contribution in [0.25, 0.3) is 0 Å². The van der Waals surface area contributed by atoms with E-state index >= 15 is 0 Å². The topological polar surface area (TPSA) is 106 Å². The van der Waals surface area contributed by atoms with Crippen molar-refractivity contribution in [2.75, 3.05) is 10.6 Å². The van der Waals surface area contributed by atoms with Crippen LogP contribution in [0.2, 0.25) is 5.02 Å². The van der Waals surface area contributed by atoms with E-state index in [2.05, 4.69) is 25.6 Å². The van der Waals surface area contributed by atoms with Gasteiger partial charge in [-0.25, -0.2) is 15.0 Å². The Kier molecular flexibility index (Phi) is 4.71. The van der Waals surface area contributed by atoms with Crippen LogP contribution in [0.5, 0.6) is 0 Å². The van der Waals surface area contributed by atoms with Crippen molar-refractivity contribution in [3.8, 4) is 0 Å². The maximum Gasteiger partial charge on any atom is 0.353 e. The Morgan fingerprint density at radius 2 is 1.84 bits per heavy atom. The largest absolute Gasteiger partial charge is 0.353 e. The maximum absolute atomic E-state index is 11.6. The summed E-state index contributed by atoms with van der Waals surface area (Å²) in [7, 11) is 0. The second-order valence-electron chi connectivity index (χ2n) is 5.10. The Morgan fingerprint density at radius 3 is 2.48 bits per heavy atom. The summed E-state index contributed by atoms with van der Waals surface area (Å²) in [4.78, 5) is 23.1. The lowest BCUT2D eigenvalue weighted by molar-refractivity contribution is -0.383. The van der Waals surface area contributed by atoms with E-state index in [9.17, 15) is 10.1 Å². The smallest absolute Gasteiger partial charge is 0.334 e. The molecule has 0 bridgehead atoms. The van der Waals surface area contributed by atoms with Crippen molar-refractivity contribution in [2.45, 2.75) is 6.92 Å². The molecule has 1 aromatic carbocycles. The number of hydrogen-bond acceptors (Lipinski definition) is 7. The van der Waals surface area contributed by atoms with E-state index in [1.165, 1.54) is 6.33 Å². The number of hydrogen-bond donors (Lipinski definition) is 2. The Hall–Kier alpha value is -3.26. The average molecular weight is 357 g/mol. The van der Waals surface area contributed by atoms with Crippen molar-refractivity contribution in [1.29, 1.82) is 0 Å². The van der Waals surface area contributed by atoms with Gasteiger partial charge in [-0.05, 0) is 42.8 Å². The summed E-state index contributed by atoms with van der Waals surface area (Å²) >= 11 is 5.94. The molecule has 0 saturated heterocycles. The molecule has 0 spiro atoms. The lowest BCUT2D eigenvalue weighted by Crippen LogP contribution is -2.06. The predicted molar refractivity (Wildman–Crippen MR) is 95.7 cm³/mol. The number of pyridine rings is 1. The third-order valence-electron chi connectivity index (χ3n) is 3.36. The van der Waals surface area contributed by atoms with Crippen LogP contribution < -0.4 is 10.6 Å². The summed E-state index contributed by atoms with van der Waals surface area (Å²) in [6, 6.07) is 10.4. The lowest BCUT2D eigenvalue weighted by atomic mass is 10.2. The lowest BCUT2D eigenvalue weighted by Gasteiger charge is -2.11. The fraction of sp³-hybridized carbons (Fsp3) is 0.0625. The van der Waals surface area contributed by atoms with Gasteiger partial charge >= 0.3 is 5.69 Å². The van der Waals surface area contributed by atoms with E-state index in [4.69, 9.17) is 11.6 Å². The minimum absolute atomic E-state index is 0.0489. The zero-order chi connectivity index (χ0) is 17.8. The first-order chi connectivity index (χ1) is 12.0. The van der Waals surface area contributed by atoms with Crippen LogP contribution in [0.15, 0.2) is 48.9 Å². The molecule has 0 aliphatic carbocycles. The first-order valence-electron chi connectivity index (χ1n) is 7.25. The van der Waals surface area contributed by atoms with Crippen LogP contribution in [0.3, 0.4) is 0 Å². The Bertz CT molecular complexity index is 920. The zero-order valence-electron chi connectivity index (χ0n) is 13.1. The van der Waals surface area contributed by atoms with E-state index < -0.39 is 4.92 Å². The van der Waals surface area contributed by atoms with E-state index in [0.29, 0.717) is 16.5 Å². The minimum Gasteiger partial charge on any atom is -0.334 e. The average Bonchev–Trinajstić information content (AvgIpc) is 2.58. The number of aromatic nitrogens is 3. The highest BCUT2D eigenvalue weighted by Gasteiger charge is 2.23. The number of nitro groups is 1. The van der Waals surface area contributed by atoms with Crippen molar-refractivity contribution >= 4 is 40.4 Å². The molecule has 8 nitrogen and oxygen atoms in total. The number of anilines is 4. The summed E-state index contributed by atoms with van der Waals surface area (Å²) in [6.45, 7) is 1.84. The predicted octanol–water partition coefficient (Wildman–Crippen LogP) is 4.23. The third kappa shape index (κ3) is 3.81. The van der Waals surface area contributed by atoms with Crippen LogP contribution >= 0.6 is 11.6 Å². The second-order valence-corrected chi connectivity index (χ2v) is 5.54. The standard InChI is InChI=1S/C16H13ClN6O2/c1-10-8-11(17)5-6-12(10)21-15-14(23(24)25)16(20-9-19-15)22-13-4-2-3-7-18-13/h2-9H,1H3,(H2,18,19,20,21,22). The van der Waals surface area contributed by atoms with Crippen molar-refractivity contribution in [3.05, 3.63) is 69.6 Å². The fourth-order valence-electron chi connectivity index (χ4n) is 2.19. The van der Waals surface area contributed by atoms with Crippen molar-refractivity contribution in [1.82, 2.24) is 15.0 Å². The first kappa shape index (κ1) is 16.6. The van der Waals surface area contributed by atoms with Gasteiger partial charge in [0.1, 0.15) is 12.1 Å². The molecule has 0 aliphatic rings. The van der Waals surface area contributed by atoms with E-state index in [-0.39, 0.29) is 17.3 Å². The van der Waals surface area contributed by atoms with Gasteiger partial charge in [0, 0.05) is 16.9 Å². The molecule has 9 heteroatoms. The molecule has 2 N–H and O–H groups in total. The summed E-state index contributed by atoms with van der Waals surface area (Å²) in [5.41, 5.74) is 1.22. The number of nitrogens with zero attached hydrogens (tertiary/aromatic N) is 4. The summed E-state index contributed by atoms with van der Waals surface area (Å²) in [5, 5.41) is 17.9. The third-order valence-corrected chi connectivity index (χ3v) is 3.59. The Balaban J connectivity index is 1.99. The van der Waals surface area contributed by atoms with Crippen LogP contribution in [0.1, 0.15) is 5.56 Å². The van der Waals surface area contributed by atoms with Gasteiger partial charge in [-0.3, -0.25) is 10.1 Å². The van der Waals surface area contributed by atoms with Gasteiger partial charge in [0.2, 0.25) is 11.6 Å². The second kappa shape index (κ2) is 7.10. The van der Waals surface area contributed by atoms with Gasteiger partial charge in [0.05, 0.1) is 4.92 Å². The van der Waals surface area contributed by atoms with Crippen molar-refractivity contribution < 1.29 is 4.92 Å². The summed E-state index contributed by atoms with van der Waals surface area (Å²) < 4.78 is 0. The quantitative estimate of drug-likeness (QED) is 0.520. The molecule has 0 aliphatic heterocycles. The van der Waals surface area contributed by atoms with Crippen LogP contribution in [0, 0.1) is 17.0 Å². The Labute approximate surface area is 148 Å². The zero-order valence-corrected chi connectivity index (χ0v) is 13.9. The molecule has 2 heterocycles. The highest BCUT2D eigenvalue weighted by Crippen LogP contribution is 2.33. The van der Waals surface area contributed by atoms with Gasteiger partial charge in [-0.2, -0.15) is 0 Å². The van der Waals surface area contributed by atoms with Crippen LogP contribution in [-0.4, -0.2) is 19.9 Å². The van der Waals surface area contributed by atoms with Crippen LogP contribution in [-0.2, 0) is 0 Å². The molecular formula is C16H13ClN6O2. The van der Waals surface area contributed by atoms with Crippen molar-refractivity contribution in [2.24, 2.45) is 0 Å². The summed E-state index contributed by atoms with van der Waals surface area (Å²) in [5.74, 6) is 0.564. The van der Waals surface area contributed by atoms with Crippen LogP contribution in [0.4, 0.5) is 28.8 Å². The minimum atomic E-state index is -0.543. The van der Waals surface area contributed by atoms with Gasteiger partial charge in [-0.15, -0.1) is 0 Å². The maximum atomic E-state index is 11.6. The molecule has 3 rings (SSSR count). The summed E-state index contributed by atoms with van der Waals surface area (Å²) in [6.07, 6.45) is 2.82. The van der Waals surface area contributed by atoms with Crippen molar-refractivity contribution in [3.63, 3.8) is 0 Å². The molecule has 0 fully saturated rings. The highest BCUT2D eigenvalue weighted by molar-refractivity contribution is 6.30. The molecular weight excluding hydrogens is 344 g/mol. The fourth-order valence-corrected chi connectivity index (χ4v) is 2.41. The number of benzene rings is 1. The normalized spacial score (nSPS) is 10.3. The number of nitrogens with one attached hydrogen (secondary N) is 2. The molecule has 0 atom stereocenters. The van der Waals surface area contributed by atoms with E-state index in [0.717, 1.165) is 5.56 Å². The molecule has 2 aromatic heterocycles. The molecule has 25 heavy (non-hydrogen) atoms. The van der Waals surface area contributed by atoms with Gasteiger partial charge in [0.25, 0.3) is 0 Å². The monoisotopic (exact) mass is 356 g/mol. The molecule has 0 saturated carbocycles. The van der Waals surface area contributed by atoms with E-state index in [1.54, 1.807) is 42.6 Å². The van der Waals surface area contributed by atoms with Gasteiger partial charge in [0.15, 0.2) is 0 Å². The first-order valence-corrected chi connectivity index (χ1v) is 7.63. The molecule has 3 aromatic rings. The molecule has 0 amide bonds. The molecule has 0 unspecified atom stereocenters. The number of aryl methyl sites for hydroxylation is 1.